The summed E-state index contributed by atoms with van der Waals surface area (Å²) >= 11 is 0. The molecule has 1 saturated carbocycles. The van der Waals surface area contributed by atoms with Crippen LogP contribution in [0.3, 0.4) is 0 Å². The van der Waals surface area contributed by atoms with E-state index in [2.05, 4.69) is 6.07 Å². The Morgan fingerprint density at radius 3 is 3.14 bits per heavy atom. The van der Waals surface area contributed by atoms with Gasteiger partial charge in [0.2, 0.25) is 0 Å². The first-order valence-electron chi connectivity index (χ1n) is 5.20. The molecule has 3 heteroatoms. The van der Waals surface area contributed by atoms with E-state index in [0.717, 1.165) is 37.7 Å². The van der Waals surface area contributed by atoms with E-state index in [-0.39, 0.29) is 18.3 Å². The molecule has 0 radical (unpaired) electrons. The minimum atomic E-state index is 0.0534. The van der Waals surface area contributed by atoms with Gasteiger partial charge in [-0.05, 0) is 37.7 Å². The molecule has 2 aliphatic rings. The zero-order valence-corrected chi connectivity index (χ0v) is 8.20. The Hall–Kier alpha value is -0.850. The molecule has 0 amide bonds. The van der Waals surface area contributed by atoms with E-state index in [1.165, 1.54) is 0 Å². The lowest BCUT2D eigenvalue weighted by atomic mass is 9.99. The molecule has 14 heavy (non-hydrogen) atoms. The first-order valence-corrected chi connectivity index (χ1v) is 5.20. The smallest absolute Gasteiger partial charge is 0.109 e. The maximum absolute atomic E-state index is 8.68. The number of fused-ring (bicyclic) bond motifs is 1. The van der Waals surface area contributed by atoms with E-state index < -0.39 is 0 Å². The number of unbranched alkanes of at least 4 members (excludes halogenated alkanes) is 1. The Labute approximate surface area is 84.0 Å². The van der Waals surface area contributed by atoms with Crippen LogP contribution >= 0.6 is 0 Å². The van der Waals surface area contributed by atoms with Gasteiger partial charge in [0.25, 0.3) is 0 Å². The van der Waals surface area contributed by atoms with E-state index >= 15 is 0 Å². The third-order valence-corrected chi connectivity index (χ3v) is 3.20. The second kappa shape index (κ2) is 3.72. The largest absolute Gasteiger partial charge is 0.396 e. The number of aliphatic hydroxyl groups is 1. The van der Waals surface area contributed by atoms with Crippen molar-refractivity contribution in [2.45, 2.75) is 43.8 Å². The van der Waals surface area contributed by atoms with Crippen LogP contribution in [-0.4, -0.2) is 23.4 Å². The molecule has 0 aromatic heterocycles. The highest BCUT2D eigenvalue weighted by Crippen LogP contribution is 2.55. The summed E-state index contributed by atoms with van der Waals surface area (Å²) < 4.78 is 5.65. The van der Waals surface area contributed by atoms with Crippen LogP contribution in [0.1, 0.15) is 32.1 Å². The minimum Gasteiger partial charge on any atom is -0.396 e. The number of nitriles is 1. The number of epoxide rings is 1. The lowest BCUT2D eigenvalue weighted by Gasteiger charge is -2.05. The third-order valence-electron chi connectivity index (χ3n) is 3.20. The van der Waals surface area contributed by atoms with Gasteiger partial charge >= 0.3 is 0 Å². The highest BCUT2D eigenvalue weighted by atomic mass is 16.6. The number of hydrogen-bond acceptors (Lipinski definition) is 3. The van der Waals surface area contributed by atoms with Crippen molar-refractivity contribution in [3.63, 3.8) is 0 Å². The number of rotatable bonds is 4. The van der Waals surface area contributed by atoms with E-state index in [1.807, 2.05) is 0 Å². The van der Waals surface area contributed by atoms with E-state index in [4.69, 9.17) is 15.1 Å². The Bertz CT molecular complexity index is 292. The molecule has 2 unspecified atom stereocenters. The van der Waals surface area contributed by atoms with Crippen molar-refractivity contribution in [2.24, 2.45) is 0 Å². The van der Waals surface area contributed by atoms with Crippen molar-refractivity contribution in [1.29, 1.82) is 5.26 Å². The van der Waals surface area contributed by atoms with Crippen molar-refractivity contribution in [3.8, 4) is 6.07 Å². The van der Waals surface area contributed by atoms with Gasteiger partial charge in [-0.3, -0.25) is 0 Å². The summed E-state index contributed by atoms with van der Waals surface area (Å²) in [6, 6.07) is 2.07. The molecule has 76 valence electrons. The van der Waals surface area contributed by atoms with Crippen molar-refractivity contribution >= 4 is 0 Å². The van der Waals surface area contributed by atoms with Gasteiger partial charge in [0, 0.05) is 12.7 Å². The molecule has 1 N–H and O–H groups in total. The molecule has 3 nitrogen and oxygen atoms in total. The van der Waals surface area contributed by atoms with E-state index in [9.17, 15) is 0 Å². The van der Waals surface area contributed by atoms with E-state index in [0.29, 0.717) is 0 Å². The second-order valence-electron chi connectivity index (χ2n) is 4.09. The van der Waals surface area contributed by atoms with Crippen LogP contribution in [0.25, 0.3) is 0 Å². The fourth-order valence-electron chi connectivity index (χ4n) is 2.37. The lowest BCUT2D eigenvalue weighted by molar-refractivity contribution is 0.237. The van der Waals surface area contributed by atoms with Gasteiger partial charge in [0.05, 0.1) is 11.7 Å². The molecule has 0 aromatic rings. The summed E-state index contributed by atoms with van der Waals surface area (Å²) in [5.74, 6) is 0. The zero-order chi connectivity index (χ0) is 10.0. The number of allylic oxidation sites excluding steroid dienone is 1. The molecule has 1 saturated heterocycles. The van der Waals surface area contributed by atoms with Gasteiger partial charge in [0.15, 0.2) is 0 Å². The maximum Gasteiger partial charge on any atom is 0.109 e. The Balaban J connectivity index is 1.86. The van der Waals surface area contributed by atoms with Crippen LogP contribution < -0.4 is 0 Å². The van der Waals surface area contributed by atoms with Crippen LogP contribution in [0.4, 0.5) is 0 Å². The molecule has 2 fully saturated rings. The minimum absolute atomic E-state index is 0.0534. The summed E-state index contributed by atoms with van der Waals surface area (Å²) in [5, 5.41) is 17.2. The molecule has 2 atom stereocenters. The molecular formula is C11H15NO2. The second-order valence-corrected chi connectivity index (χ2v) is 4.09. The van der Waals surface area contributed by atoms with Gasteiger partial charge < -0.3 is 9.84 Å². The van der Waals surface area contributed by atoms with Gasteiger partial charge in [-0.25, -0.2) is 0 Å². The molecule has 2 rings (SSSR count). The SMILES string of the molecule is N#C/C=C1\CCC2(CCCCO)OC12. The Morgan fingerprint density at radius 1 is 1.64 bits per heavy atom. The average molecular weight is 193 g/mol. The number of hydrogen-bond donors (Lipinski definition) is 1. The molecule has 1 heterocycles. The Morgan fingerprint density at radius 2 is 2.50 bits per heavy atom. The highest BCUT2D eigenvalue weighted by molar-refractivity contribution is 5.33. The molecule has 1 aliphatic heterocycles. The Kier molecular flexibility index (Phi) is 2.58. The highest BCUT2D eigenvalue weighted by Gasteiger charge is 2.60. The van der Waals surface area contributed by atoms with Crippen LogP contribution in [0, 0.1) is 11.3 Å². The summed E-state index contributed by atoms with van der Waals surface area (Å²) in [6.07, 6.45) is 6.82. The predicted octanol–water partition coefficient (Wildman–Crippen LogP) is 1.53. The summed E-state index contributed by atoms with van der Waals surface area (Å²) in [6.45, 7) is 0.266. The quantitative estimate of drug-likeness (QED) is 0.418. The molecule has 0 aromatic carbocycles. The van der Waals surface area contributed by atoms with Crippen LogP contribution in [0.5, 0.6) is 0 Å². The summed E-state index contributed by atoms with van der Waals surface area (Å²) in [7, 11) is 0. The molecule has 0 bridgehead atoms. The van der Waals surface area contributed by atoms with Crippen LogP contribution in [0.15, 0.2) is 11.6 Å². The van der Waals surface area contributed by atoms with Crippen molar-refractivity contribution < 1.29 is 9.84 Å². The monoisotopic (exact) mass is 193 g/mol. The average Bonchev–Trinajstić information content (AvgIpc) is 2.80. The third kappa shape index (κ3) is 1.56. The van der Waals surface area contributed by atoms with Crippen LogP contribution in [0.2, 0.25) is 0 Å². The van der Waals surface area contributed by atoms with Crippen molar-refractivity contribution in [2.75, 3.05) is 6.61 Å². The summed E-state index contributed by atoms with van der Waals surface area (Å²) in [5.41, 5.74) is 1.22. The van der Waals surface area contributed by atoms with E-state index in [1.54, 1.807) is 6.08 Å². The summed E-state index contributed by atoms with van der Waals surface area (Å²) in [4.78, 5) is 0. The maximum atomic E-state index is 8.68. The first-order chi connectivity index (χ1) is 6.82. The zero-order valence-electron chi connectivity index (χ0n) is 8.20. The number of nitrogens with zero attached hydrogens (tertiary/aromatic N) is 1. The van der Waals surface area contributed by atoms with Gasteiger partial charge in [-0.2, -0.15) is 5.26 Å². The standard InChI is InChI=1S/C11H15NO2/c12-7-4-9-3-6-11(10(9)14-11)5-1-2-8-13/h4,10,13H,1-3,5-6,8H2/b9-4+. The molecular weight excluding hydrogens is 178 g/mol. The first kappa shape index (κ1) is 9.70. The van der Waals surface area contributed by atoms with Crippen LogP contribution in [-0.2, 0) is 4.74 Å². The number of ether oxygens (including phenoxy) is 1. The predicted molar refractivity (Wildman–Crippen MR) is 51.5 cm³/mol. The molecule has 1 aliphatic carbocycles. The van der Waals surface area contributed by atoms with Crippen molar-refractivity contribution in [3.05, 3.63) is 11.6 Å². The topological polar surface area (TPSA) is 56.5 Å². The fourth-order valence-corrected chi connectivity index (χ4v) is 2.37. The normalized spacial score (nSPS) is 36.9. The van der Waals surface area contributed by atoms with Gasteiger partial charge in [-0.15, -0.1) is 0 Å². The fraction of sp³-hybridized carbons (Fsp3) is 0.727. The number of aliphatic hydroxyl groups excluding tert-OH is 1. The van der Waals surface area contributed by atoms with Gasteiger partial charge in [0.1, 0.15) is 6.10 Å². The van der Waals surface area contributed by atoms with Crippen molar-refractivity contribution in [1.82, 2.24) is 0 Å². The van der Waals surface area contributed by atoms with Gasteiger partial charge in [-0.1, -0.05) is 0 Å². The molecule has 0 spiro atoms. The lowest BCUT2D eigenvalue weighted by Crippen LogP contribution is -2.09.